The molecule has 26 heavy (non-hydrogen) atoms. The lowest BCUT2D eigenvalue weighted by molar-refractivity contribution is -0.127. The Bertz CT molecular complexity index is 821. The van der Waals surface area contributed by atoms with Crippen molar-refractivity contribution < 1.29 is 23.9 Å². The van der Waals surface area contributed by atoms with E-state index in [-0.39, 0.29) is 42.2 Å². The summed E-state index contributed by atoms with van der Waals surface area (Å²) in [6.07, 6.45) is -0.0289. The zero-order chi connectivity index (χ0) is 19.3. The first kappa shape index (κ1) is 18.1. The molecule has 138 valence electrons. The van der Waals surface area contributed by atoms with Crippen LogP contribution in [0, 0.1) is 0 Å². The lowest BCUT2D eigenvalue weighted by Crippen LogP contribution is -2.63. The zero-order valence-corrected chi connectivity index (χ0v) is 14.9. The van der Waals surface area contributed by atoms with E-state index in [2.05, 4.69) is 5.32 Å². The second-order valence-corrected chi connectivity index (χ2v) is 7.75. The van der Waals surface area contributed by atoms with E-state index in [1.165, 1.54) is 23.1 Å². The van der Waals surface area contributed by atoms with Gasteiger partial charge in [-0.05, 0) is 39.0 Å². The van der Waals surface area contributed by atoms with Gasteiger partial charge in [0.25, 0.3) is 17.7 Å². The van der Waals surface area contributed by atoms with Crippen molar-refractivity contribution >= 4 is 23.6 Å². The van der Waals surface area contributed by atoms with Gasteiger partial charge in [0.05, 0.1) is 36.3 Å². The van der Waals surface area contributed by atoms with Crippen molar-refractivity contribution in [2.24, 2.45) is 5.73 Å². The Morgan fingerprint density at radius 2 is 1.81 bits per heavy atom. The predicted molar refractivity (Wildman–Crippen MR) is 91.5 cm³/mol. The summed E-state index contributed by atoms with van der Waals surface area (Å²) in [5, 5.41) is 2.76. The van der Waals surface area contributed by atoms with E-state index < -0.39 is 28.8 Å². The number of primary amides is 1. The highest BCUT2D eigenvalue weighted by molar-refractivity contribution is 6.22. The number of amides is 4. The molecule has 3 rings (SSSR count). The summed E-state index contributed by atoms with van der Waals surface area (Å²) in [5.41, 5.74) is 4.46. The predicted octanol–water partition coefficient (Wildman–Crippen LogP) is 0.455. The second-order valence-electron chi connectivity index (χ2n) is 7.75. The molecule has 8 heteroatoms. The molecule has 4 amide bonds. The van der Waals surface area contributed by atoms with Crippen molar-refractivity contribution in [2.75, 3.05) is 13.2 Å². The average Bonchev–Trinajstić information content (AvgIpc) is 2.75. The summed E-state index contributed by atoms with van der Waals surface area (Å²) in [6, 6.07) is 4.38. The third kappa shape index (κ3) is 2.96. The van der Waals surface area contributed by atoms with E-state index in [0.717, 1.165) is 0 Å². The summed E-state index contributed by atoms with van der Waals surface area (Å²) in [7, 11) is 0. The molecule has 0 aromatic heterocycles. The summed E-state index contributed by atoms with van der Waals surface area (Å²) in [6.45, 7) is 5.70. The monoisotopic (exact) mass is 359 g/mol. The Balaban J connectivity index is 1.86. The van der Waals surface area contributed by atoms with Crippen molar-refractivity contribution in [3.63, 3.8) is 0 Å². The first-order valence-corrected chi connectivity index (χ1v) is 8.26. The second kappa shape index (κ2) is 5.91. The zero-order valence-electron chi connectivity index (χ0n) is 14.9. The molecule has 0 bridgehead atoms. The minimum atomic E-state index is -0.820. The number of nitrogens with zero attached hydrogens (tertiary/aromatic N) is 1. The quantitative estimate of drug-likeness (QED) is 0.757. The lowest BCUT2D eigenvalue weighted by Gasteiger charge is -2.41. The van der Waals surface area contributed by atoms with Gasteiger partial charge in [0, 0.05) is 11.1 Å². The van der Waals surface area contributed by atoms with Gasteiger partial charge in [0.1, 0.15) is 0 Å². The minimum Gasteiger partial charge on any atom is -0.376 e. The van der Waals surface area contributed by atoms with Gasteiger partial charge in [-0.3, -0.25) is 24.1 Å². The van der Waals surface area contributed by atoms with Crippen LogP contribution in [0.2, 0.25) is 0 Å². The standard InChI is InChI=1S/C18H21N3O5/c1-17(2,3)21-15(24)11-5-4-10(6-12(11)16(21)25)14(23)20-18(7-13(19)22)8-26-9-18/h4-6H,7-9H2,1-3H3,(H2,19,22)(H,20,23). The Morgan fingerprint density at radius 1 is 1.19 bits per heavy atom. The average molecular weight is 359 g/mol. The van der Waals surface area contributed by atoms with Crippen LogP contribution in [-0.2, 0) is 9.53 Å². The normalized spacial score (nSPS) is 18.3. The summed E-state index contributed by atoms with van der Waals surface area (Å²) in [5.74, 6) is -1.79. The van der Waals surface area contributed by atoms with Crippen LogP contribution in [-0.4, -0.2) is 52.8 Å². The number of carbonyl (C=O) groups excluding carboxylic acids is 4. The molecule has 1 fully saturated rings. The van der Waals surface area contributed by atoms with Crippen molar-refractivity contribution in [1.82, 2.24) is 10.2 Å². The van der Waals surface area contributed by atoms with Gasteiger partial charge >= 0.3 is 0 Å². The van der Waals surface area contributed by atoms with E-state index in [4.69, 9.17) is 10.5 Å². The third-order valence-corrected chi connectivity index (χ3v) is 4.47. The molecular weight excluding hydrogens is 338 g/mol. The van der Waals surface area contributed by atoms with Crippen LogP contribution < -0.4 is 11.1 Å². The molecule has 2 aliphatic rings. The van der Waals surface area contributed by atoms with E-state index in [1.807, 2.05) is 0 Å². The number of rotatable bonds is 4. The molecule has 0 saturated carbocycles. The molecule has 1 aromatic carbocycles. The van der Waals surface area contributed by atoms with Gasteiger partial charge in [-0.2, -0.15) is 0 Å². The molecule has 0 unspecified atom stereocenters. The molecule has 1 saturated heterocycles. The number of hydrogen-bond donors (Lipinski definition) is 2. The molecule has 0 spiro atoms. The molecule has 0 aliphatic carbocycles. The Labute approximate surface area is 150 Å². The van der Waals surface area contributed by atoms with E-state index >= 15 is 0 Å². The molecule has 1 aromatic rings. The van der Waals surface area contributed by atoms with Gasteiger partial charge in [0.2, 0.25) is 5.91 Å². The van der Waals surface area contributed by atoms with Crippen LogP contribution in [0.4, 0.5) is 0 Å². The molecular formula is C18H21N3O5. The number of carbonyl (C=O) groups is 4. The van der Waals surface area contributed by atoms with Crippen LogP contribution in [0.3, 0.4) is 0 Å². The third-order valence-electron chi connectivity index (χ3n) is 4.47. The Kier molecular flexibility index (Phi) is 4.11. The lowest BCUT2D eigenvalue weighted by atomic mass is 9.92. The molecule has 2 heterocycles. The van der Waals surface area contributed by atoms with Crippen LogP contribution in [0.25, 0.3) is 0 Å². The highest BCUT2D eigenvalue weighted by Gasteiger charge is 2.44. The highest BCUT2D eigenvalue weighted by atomic mass is 16.5. The van der Waals surface area contributed by atoms with Crippen molar-refractivity contribution in [3.8, 4) is 0 Å². The number of benzene rings is 1. The molecule has 2 aliphatic heterocycles. The first-order chi connectivity index (χ1) is 12.0. The molecule has 3 N–H and O–H groups in total. The van der Waals surface area contributed by atoms with Crippen molar-refractivity contribution in [3.05, 3.63) is 34.9 Å². The van der Waals surface area contributed by atoms with Crippen LogP contribution >= 0.6 is 0 Å². The first-order valence-electron chi connectivity index (χ1n) is 8.26. The van der Waals surface area contributed by atoms with E-state index in [9.17, 15) is 19.2 Å². The number of hydrogen-bond acceptors (Lipinski definition) is 5. The Hall–Kier alpha value is -2.74. The summed E-state index contributed by atoms with van der Waals surface area (Å²) in [4.78, 5) is 50.1. The van der Waals surface area contributed by atoms with Gasteiger partial charge in [-0.15, -0.1) is 0 Å². The summed E-state index contributed by atoms with van der Waals surface area (Å²) >= 11 is 0. The van der Waals surface area contributed by atoms with Gasteiger partial charge in [0.15, 0.2) is 0 Å². The van der Waals surface area contributed by atoms with Crippen molar-refractivity contribution in [1.29, 1.82) is 0 Å². The summed E-state index contributed by atoms with van der Waals surface area (Å²) < 4.78 is 5.10. The smallest absolute Gasteiger partial charge is 0.262 e. The molecule has 8 nitrogen and oxygen atoms in total. The van der Waals surface area contributed by atoms with Crippen LogP contribution in [0.1, 0.15) is 58.3 Å². The minimum absolute atomic E-state index is 0.0289. The fourth-order valence-corrected chi connectivity index (χ4v) is 3.20. The number of fused-ring (bicyclic) bond motifs is 1. The van der Waals surface area contributed by atoms with Gasteiger partial charge in [-0.1, -0.05) is 0 Å². The highest BCUT2D eigenvalue weighted by Crippen LogP contribution is 2.30. The van der Waals surface area contributed by atoms with E-state index in [1.54, 1.807) is 20.8 Å². The maximum absolute atomic E-state index is 12.6. The Morgan fingerprint density at radius 3 is 2.31 bits per heavy atom. The maximum Gasteiger partial charge on any atom is 0.262 e. The molecule has 0 radical (unpaired) electrons. The maximum atomic E-state index is 12.6. The number of ether oxygens (including phenoxy) is 1. The van der Waals surface area contributed by atoms with Gasteiger partial charge < -0.3 is 15.8 Å². The van der Waals surface area contributed by atoms with E-state index in [0.29, 0.717) is 0 Å². The largest absolute Gasteiger partial charge is 0.376 e. The molecule has 0 atom stereocenters. The fourth-order valence-electron chi connectivity index (χ4n) is 3.20. The fraction of sp³-hybridized carbons (Fsp3) is 0.444. The number of imide groups is 1. The number of nitrogens with two attached hydrogens (primary N) is 1. The van der Waals surface area contributed by atoms with Crippen LogP contribution in [0.15, 0.2) is 18.2 Å². The van der Waals surface area contributed by atoms with Crippen LogP contribution in [0.5, 0.6) is 0 Å². The van der Waals surface area contributed by atoms with Gasteiger partial charge in [-0.25, -0.2) is 0 Å². The number of nitrogens with one attached hydrogen (secondary N) is 1. The SMILES string of the molecule is CC(C)(C)N1C(=O)c2ccc(C(=O)NC3(CC(N)=O)COC3)cc2C1=O. The van der Waals surface area contributed by atoms with Crippen molar-refractivity contribution in [2.45, 2.75) is 38.3 Å². The topological polar surface area (TPSA) is 119 Å².